The molecule has 6 heteroatoms. The summed E-state index contributed by atoms with van der Waals surface area (Å²) < 4.78 is 5.57. The van der Waals surface area contributed by atoms with Crippen LogP contribution in [-0.4, -0.2) is 73.0 Å². The van der Waals surface area contributed by atoms with Crippen LogP contribution in [0.4, 0.5) is 0 Å². The highest BCUT2D eigenvalue weighted by atomic mass is 16.5. The molecule has 1 aliphatic carbocycles. The summed E-state index contributed by atoms with van der Waals surface area (Å²) in [6.07, 6.45) is 7.89. The molecule has 2 aliphatic rings. The van der Waals surface area contributed by atoms with E-state index in [-0.39, 0.29) is 5.54 Å². The predicted octanol–water partition coefficient (Wildman–Crippen LogP) is 2.13. The number of ether oxygens (including phenoxy) is 1. The first-order valence-corrected chi connectivity index (χ1v) is 10.6. The van der Waals surface area contributed by atoms with Crippen LogP contribution in [0.2, 0.25) is 0 Å². The second-order valence-electron chi connectivity index (χ2n) is 7.86. The van der Waals surface area contributed by atoms with E-state index >= 15 is 0 Å². The van der Waals surface area contributed by atoms with Gasteiger partial charge in [-0.05, 0) is 32.6 Å². The van der Waals surface area contributed by atoms with Gasteiger partial charge in [-0.15, -0.1) is 0 Å². The lowest BCUT2D eigenvalue weighted by atomic mass is 9.80. The summed E-state index contributed by atoms with van der Waals surface area (Å²) in [5.41, 5.74) is -0.487. The van der Waals surface area contributed by atoms with Gasteiger partial charge in [-0.3, -0.25) is 9.89 Å². The normalized spacial score (nSPS) is 22.2. The van der Waals surface area contributed by atoms with Gasteiger partial charge in [0.05, 0.1) is 25.4 Å². The van der Waals surface area contributed by atoms with Crippen LogP contribution in [0.25, 0.3) is 0 Å². The fourth-order valence-corrected chi connectivity index (χ4v) is 4.14. The maximum absolute atomic E-state index is 10.5. The first-order valence-electron chi connectivity index (χ1n) is 10.6. The standard InChI is InChI=1S/C20H40N4O2/c1-4-20(25,5-2)17-23-18(21-6-3)22-16-19(10-8-7-9-11-19)24-12-14-26-15-13-24/h25H,4-17H2,1-3H3,(H2,21,22,23). The van der Waals surface area contributed by atoms with Crippen LogP contribution in [0, 0.1) is 0 Å². The van der Waals surface area contributed by atoms with Crippen molar-refractivity contribution in [2.45, 2.75) is 76.9 Å². The first kappa shape index (κ1) is 21.5. The molecule has 0 amide bonds. The predicted molar refractivity (Wildman–Crippen MR) is 108 cm³/mol. The highest BCUT2D eigenvalue weighted by Gasteiger charge is 2.38. The van der Waals surface area contributed by atoms with E-state index in [0.29, 0.717) is 6.54 Å². The topological polar surface area (TPSA) is 69.1 Å². The molecular weight excluding hydrogens is 328 g/mol. The maximum Gasteiger partial charge on any atom is 0.191 e. The van der Waals surface area contributed by atoms with Crippen molar-refractivity contribution >= 4 is 5.96 Å². The van der Waals surface area contributed by atoms with Crippen molar-refractivity contribution in [1.29, 1.82) is 0 Å². The summed E-state index contributed by atoms with van der Waals surface area (Å²) in [6.45, 7) is 12.1. The third-order valence-corrected chi connectivity index (χ3v) is 6.24. The molecular formula is C20H40N4O2. The fraction of sp³-hybridized carbons (Fsp3) is 0.950. The van der Waals surface area contributed by atoms with E-state index in [1.54, 1.807) is 0 Å². The smallest absolute Gasteiger partial charge is 0.191 e. The minimum Gasteiger partial charge on any atom is -0.388 e. The quantitative estimate of drug-likeness (QED) is 0.452. The van der Waals surface area contributed by atoms with Gasteiger partial charge in [0.15, 0.2) is 5.96 Å². The Labute approximate surface area is 159 Å². The summed E-state index contributed by atoms with van der Waals surface area (Å²) in [6, 6.07) is 0. The number of hydrogen-bond acceptors (Lipinski definition) is 4. The Kier molecular flexibility index (Phi) is 8.64. The summed E-state index contributed by atoms with van der Waals surface area (Å²) in [4.78, 5) is 7.33. The van der Waals surface area contributed by atoms with Gasteiger partial charge in [0.2, 0.25) is 0 Å². The summed E-state index contributed by atoms with van der Waals surface area (Å²) >= 11 is 0. The zero-order chi connectivity index (χ0) is 18.9. The van der Waals surface area contributed by atoms with E-state index in [9.17, 15) is 5.11 Å². The highest BCUT2D eigenvalue weighted by Crippen LogP contribution is 2.33. The van der Waals surface area contributed by atoms with Gasteiger partial charge in [0, 0.05) is 31.7 Å². The van der Waals surface area contributed by atoms with Crippen LogP contribution in [0.1, 0.15) is 65.7 Å². The molecule has 6 nitrogen and oxygen atoms in total. The highest BCUT2D eigenvalue weighted by molar-refractivity contribution is 5.79. The number of aliphatic hydroxyl groups is 1. The van der Waals surface area contributed by atoms with Crippen molar-refractivity contribution in [3.05, 3.63) is 0 Å². The van der Waals surface area contributed by atoms with E-state index in [2.05, 4.69) is 27.4 Å². The molecule has 1 saturated carbocycles. The van der Waals surface area contributed by atoms with Crippen LogP contribution in [0.5, 0.6) is 0 Å². The molecule has 152 valence electrons. The number of morpholine rings is 1. The molecule has 0 unspecified atom stereocenters. The maximum atomic E-state index is 10.5. The Balaban J connectivity index is 2.03. The van der Waals surface area contributed by atoms with Crippen LogP contribution in [-0.2, 0) is 4.74 Å². The van der Waals surface area contributed by atoms with Crippen molar-refractivity contribution in [2.75, 3.05) is 45.9 Å². The number of rotatable bonds is 8. The Morgan fingerprint density at radius 2 is 1.73 bits per heavy atom. The van der Waals surface area contributed by atoms with Crippen LogP contribution >= 0.6 is 0 Å². The minimum atomic E-state index is -0.699. The molecule has 26 heavy (non-hydrogen) atoms. The SMILES string of the molecule is CCNC(=NCC(O)(CC)CC)NCC1(N2CCOCC2)CCCCC1. The van der Waals surface area contributed by atoms with Gasteiger partial charge in [-0.2, -0.15) is 0 Å². The van der Waals surface area contributed by atoms with Gasteiger partial charge >= 0.3 is 0 Å². The van der Waals surface area contributed by atoms with Gasteiger partial charge in [-0.1, -0.05) is 33.1 Å². The van der Waals surface area contributed by atoms with E-state index in [1.165, 1.54) is 32.1 Å². The van der Waals surface area contributed by atoms with Crippen LogP contribution in [0.15, 0.2) is 4.99 Å². The molecule has 3 N–H and O–H groups in total. The van der Waals surface area contributed by atoms with Crippen molar-refractivity contribution < 1.29 is 9.84 Å². The van der Waals surface area contributed by atoms with Gasteiger partial charge < -0.3 is 20.5 Å². The molecule has 0 spiro atoms. The average molecular weight is 369 g/mol. The summed E-state index contributed by atoms with van der Waals surface area (Å²) in [7, 11) is 0. The molecule has 1 aliphatic heterocycles. The van der Waals surface area contributed by atoms with E-state index in [4.69, 9.17) is 4.74 Å². The van der Waals surface area contributed by atoms with Crippen molar-refractivity contribution in [3.63, 3.8) is 0 Å². The van der Waals surface area contributed by atoms with Gasteiger partial charge in [-0.25, -0.2) is 0 Å². The largest absolute Gasteiger partial charge is 0.388 e. The lowest BCUT2D eigenvalue weighted by Crippen LogP contribution is -2.60. The first-order chi connectivity index (χ1) is 12.6. The second kappa shape index (κ2) is 10.5. The van der Waals surface area contributed by atoms with Crippen molar-refractivity contribution in [2.24, 2.45) is 4.99 Å². The molecule has 0 aromatic rings. The van der Waals surface area contributed by atoms with E-state index in [0.717, 1.165) is 58.2 Å². The lowest BCUT2D eigenvalue weighted by molar-refractivity contribution is -0.0353. The number of guanidine groups is 1. The van der Waals surface area contributed by atoms with Crippen LogP contribution in [0.3, 0.4) is 0 Å². The summed E-state index contributed by atoms with van der Waals surface area (Å²) in [5.74, 6) is 0.825. The molecule has 2 fully saturated rings. The molecule has 0 aromatic heterocycles. The number of nitrogens with zero attached hydrogens (tertiary/aromatic N) is 2. The van der Waals surface area contributed by atoms with Crippen LogP contribution < -0.4 is 10.6 Å². The fourth-order valence-electron chi connectivity index (χ4n) is 4.14. The molecule has 0 atom stereocenters. The molecule has 2 rings (SSSR count). The number of aliphatic imine (C=N–C) groups is 1. The lowest BCUT2D eigenvalue weighted by Gasteiger charge is -2.48. The second-order valence-corrected chi connectivity index (χ2v) is 7.86. The Hall–Kier alpha value is -0.850. The zero-order valence-electron chi connectivity index (χ0n) is 17.1. The number of nitrogens with one attached hydrogen (secondary N) is 2. The molecule has 0 aromatic carbocycles. The third kappa shape index (κ3) is 5.83. The molecule has 1 saturated heterocycles. The van der Waals surface area contributed by atoms with Gasteiger partial charge in [0.1, 0.15) is 0 Å². The average Bonchev–Trinajstić information content (AvgIpc) is 2.71. The number of hydrogen-bond donors (Lipinski definition) is 3. The Morgan fingerprint density at radius 1 is 1.08 bits per heavy atom. The van der Waals surface area contributed by atoms with E-state index < -0.39 is 5.60 Å². The summed E-state index contributed by atoms with van der Waals surface area (Å²) in [5, 5.41) is 17.5. The monoisotopic (exact) mass is 368 g/mol. The molecule has 0 bridgehead atoms. The molecule has 1 heterocycles. The third-order valence-electron chi connectivity index (χ3n) is 6.24. The van der Waals surface area contributed by atoms with Crippen molar-refractivity contribution in [1.82, 2.24) is 15.5 Å². The van der Waals surface area contributed by atoms with E-state index in [1.807, 2.05) is 13.8 Å². The molecule has 0 radical (unpaired) electrons. The zero-order valence-corrected chi connectivity index (χ0v) is 17.1. The minimum absolute atomic E-state index is 0.212. The Morgan fingerprint density at radius 3 is 2.31 bits per heavy atom. The van der Waals surface area contributed by atoms with Crippen molar-refractivity contribution in [3.8, 4) is 0 Å². The Bertz CT molecular complexity index is 426. The van der Waals surface area contributed by atoms with Gasteiger partial charge in [0.25, 0.3) is 0 Å².